The molecule has 1 aromatic carbocycles. The summed E-state index contributed by atoms with van der Waals surface area (Å²) in [7, 11) is 0. The van der Waals surface area contributed by atoms with Crippen LogP contribution in [0.5, 0.6) is 0 Å². The Labute approximate surface area is 157 Å². The highest BCUT2D eigenvalue weighted by Crippen LogP contribution is 2.23. The van der Waals surface area contributed by atoms with Gasteiger partial charge in [-0.2, -0.15) is 5.10 Å². The number of rotatable bonds is 4. The molecular formula is C21H21N5O. The van der Waals surface area contributed by atoms with Crippen LogP contribution in [-0.4, -0.2) is 25.5 Å². The number of carbonyl (C=O) groups is 1. The number of nitrogens with zero attached hydrogens (tertiary/aromatic N) is 4. The molecule has 0 aliphatic carbocycles. The average molecular weight is 359 g/mol. The first-order chi connectivity index (χ1) is 13.0. The largest absolute Gasteiger partial charge is 0.310 e. The number of pyridine rings is 1. The maximum Gasteiger partial charge on any atom is 0.225 e. The minimum absolute atomic E-state index is 0.0543. The minimum Gasteiger partial charge on any atom is -0.310 e. The quantitative estimate of drug-likeness (QED) is 0.602. The van der Waals surface area contributed by atoms with Crippen LogP contribution in [0.2, 0.25) is 0 Å². The fourth-order valence-corrected chi connectivity index (χ4v) is 3.39. The number of fused-ring (bicyclic) bond motifs is 3. The average Bonchev–Trinajstić information content (AvgIpc) is 3.02. The van der Waals surface area contributed by atoms with E-state index in [0.717, 1.165) is 39.1 Å². The van der Waals surface area contributed by atoms with Gasteiger partial charge in [-0.25, -0.2) is 14.5 Å². The fourth-order valence-electron chi connectivity index (χ4n) is 3.39. The normalized spacial score (nSPS) is 11.2. The molecule has 3 heterocycles. The number of aromatic nitrogens is 4. The van der Waals surface area contributed by atoms with Crippen LogP contribution in [0.4, 0.5) is 5.82 Å². The van der Waals surface area contributed by atoms with Gasteiger partial charge in [-0.1, -0.05) is 18.2 Å². The molecule has 4 rings (SSSR count). The lowest BCUT2D eigenvalue weighted by Gasteiger charge is -2.11. The molecule has 4 aromatic rings. The molecule has 3 aromatic heterocycles. The van der Waals surface area contributed by atoms with Crippen LogP contribution in [0.25, 0.3) is 16.6 Å². The van der Waals surface area contributed by atoms with Crippen molar-refractivity contribution in [2.75, 3.05) is 5.32 Å². The molecule has 0 aliphatic rings. The highest BCUT2D eigenvalue weighted by atomic mass is 16.1. The topological polar surface area (TPSA) is 72.2 Å². The predicted molar refractivity (Wildman–Crippen MR) is 106 cm³/mol. The summed E-state index contributed by atoms with van der Waals surface area (Å²) in [6.07, 6.45) is 2.65. The van der Waals surface area contributed by atoms with Gasteiger partial charge in [0.05, 0.1) is 5.52 Å². The molecule has 0 aliphatic heterocycles. The van der Waals surface area contributed by atoms with Gasteiger partial charge in [0, 0.05) is 29.4 Å². The molecule has 0 spiro atoms. The highest BCUT2D eigenvalue weighted by molar-refractivity contribution is 5.92. The molecule has 6 nitrogen and oxygen atoms in total. The highest BCUT2D eigenvalue weighted by Gasteiger charge is 2.15. The summed E-state index contributed by atoms with van der Waals surface area (Å²) in [6, 6.07) is 11.8. The molecule has 1 amide bonds. The number of benzene rings is 1. The van der Waals surface area contributed by atoms with E-state index < -0.39 is 0 Å². The molecule has 27 heavy (non-hydrogen) atoms. The second kappa shape index (κ2) is 6.79. The van der Waals surface area contributed by atoms with E-state index in [9.17, 15) is 4.79 Å². The number of nitrogens with one attached hydrogen (secondary N) is 1. The van der Waals surface area contributed by atoms with Gasteiger partial charge in [0.2, 0.25) is 5.91 Å². The monoisotopic (exact) mass is 359 g/mol. The summed E-state index contributed by atoms with van der Waals surface area (Å²) in [4.78, 5) is 21.3. The van der Waals surface area contributed by atoms with Crippen molar-refractivity contribution in [1.82, 2.24) is 19.6 Å². The molecule has 0 unspecified atom stereocenters. The Morgan fingerprint density at radius 2 is 1.93 bits per heavy atom. The van der Waals surface area contributed by atoms with E-state index >= 15 is 0 Å². The van der Waals surface area contributed by atoms with Crippen molar-refractivity contribution < 1.29 is 4.79 Å². The number of aryl methyl sites for hydroxylation is 3. The zero-order valence-corrected chi connectivity index (χ0v) is 15.7. The van der Waals surface area contributed by atoms with Crippen molar-refractivity contribution >= 4 is 28.3 Å². The first-order valence-electron chi connectivity index (χ1n) is 8.99. The molecule has 1 N–H and O–H groups in total. The number of hydrogen-bond donors (Lipinski definition) is 1. The van der Waals surface area contributed by atoms with Crippen LogP contribution in [0.3, 0.4) is 0 Å². The van der Waals surface area contributed by atoms with Crippen molar-refractivity contribution in [1.29, 1.82) is 0 Å². The van der Waals surface area contributed by atoms with Crippen LogP contribution >= 0.6 is 0 Å². The lowest BCUT2D eigenvalue weighted by molar-refractivity contribution is -0.116. The van der Waals surface area contributed by atoms with Gasteiger partial charge >= 0.3 is 0 Å². The smallest absolute Gasteiger partial charge is 0.225 e. The maximum absolute atomic E-state index is 12.4. The van der Waals surface area contributed by atoms with E-state index in [2.05, 4.69) is 15.4 Å². The molecule has 6 heteroatoms. The number of carbonyl (C=O) groups excluding carboxylic acids is 1. The van der Waals surface area contributed by atoms with E-state index in [1.54, 1.807) is 6.20 Å². The third kappa shape index (κ3) is 3.14. The Morgan fingerprint density at radius 1 is 1.11 bits per heavy atom. The third-order valence-corrected chi connectivity index (χ3v) is 4.89. The van der Waals surface area contributed by atoms with E-state index in [0.29, 0.717) is 18.7 Å². The van der Waals surface area contributed by atoms with Gasteiger partial charge in [0.25, 0.3) is 0 Å². The van der Waals surface area contributed by atoms with E-state index in [1.165, 1.54) is 0 Å². The summed E-state index contributed by atoms with van der Waals surface area (Å²) in [6.45, 7) is 5.95. The second-order valence-corrected chi connectivity index (χ2v) is 6.73. The van der Waals surface area contributed by atoms with Crippen LogP contribution in [-0.2, 0) is 11.2 Å². The van der Waals surface area contributed by atoms with Gasteiger partial charge in [0.1, 0.15) is 5.82 Å². The zero-order valence-electron chi connectivity index (χ0n) is 15.7. The Hall–Kier alpha value is -3.28. The molecule has 0 fully saturated rings. The Balaban J connectivity index is 1.59. The van der Waals surface area contributed by atoms with Crippen LogP contribution < -0.4 is 5.32 Å². The zero-order chi connectivity index (χ0) is 19.0. The van der Waals surface area contributed by atoms with E-state index in [-0.39, 0.29) is 5.91 Å². The fraction of sp³-hybridized carbons (Fsp3) is 0.238. The SMILES string of the molecule is Cc1cccnc1NC(=O)CCc1c(C)nc2c3ccccc3nn2c1C. The van der Waals surface area contributed by atoms with Crippen LogP contribution in [0, 0.1) is 20.8 Å². The molecule has 0 saturated carbocycles. The molecule has 0 saturated heterocycles. The maximum atomic E-state index is 12.4. The van der Waals surface area contributed by atoms with Crippen molar-refractivity contribution in [3.05, 3.63) is 65.1 Å². The van der Waals surface area contributed by atoms with Crippen LogP contribution in [0.15, 0.2) is 42.6 Å². The van der Waals surface area contributed by atoms with Gasteiger partial charge in [0.15, 0.2) is 5.65 Å². The number of anilines is 1. The summed E-state index contributed by atoms with van der Waals surface area (Å²) in [5, 5.41) is 8.59. The predicted octanol–water partition coefficient (Wildman–Crippen LogP) is 3.77. The molecule has 136 valence electrons. The first kappa shape index (κ1) is 17.1. The molecular weight excluding hydrogens is 338 g/mol. The molecule has 0 atom stereocenters. The Morgan fingerprint density at radius 3 is 2.74 bits per heavy atom. The first-order valence-corrected chi connectivity index (χ1v) is 8.99. The Kier molecular flexibility index (Phi) is 4.32. The van der Waals surface area contributed by atoms with Crippen molar-refractivity contribution in [3.8, 4) is 0 Å². The van der Waals surface area contributed by atoms with E-state index in [1.807, 2.05) is 61.7 Å². The van der Waals surface area contributed by atoms with Gasteiger partial charge in [-0.05, 0) is 56.5 Å². The summed E-state index contributed by atoms with van der Waals surface area (Å²) >= 11 is 0. The summed E-state index contributed by atoms with van der Waals surface area (Å²) in [5.74, 6) is 0.559. The Bertz CT molecular complexity index is 1160. The van der Waals surface area contributed by atoms with Gasteiger partial charge in [-0.3, -0.25) is 4.79 Å². The van der Waals surface area contributed by atoms with Crippen LogP contribution in [0.1, 0.15) is 28.9 Å². The molecule has 0 bridgehead atoms. The van der Waals surface area contributed by atoms with Crippen molar-refractivity contribution in [3.63, 3.8) is 0 Å². The molecule has 0 radical (unpaired) electrons. The second-order valence-electron chi connectivity index (χ2n) is 6.73. The standard InChI is InChI=1S/C21H21N5O/c1-13-7-6-12-22-20(13)24-19(27)11-10-16-14(2)23-21-17-8-4-5-9-18(17)25-26(21)15(16)3/h4-9,12H,10-11H2,1-3H3,(H,22,24,27). The summed E-state index contributed by atoms with van der Waals surface area (Å²) in [5.41, 5.74) is 5.75. The number of amides is 1. The van der Waals surface area contributed by atoms with Crippen molar-refractivity contribution in [2.24, 2.45) is 0 Å². The lowest BCUT2D eigenvalue weighted by atomic mass is 10.1. The number of hydrogen-bond acceptors (Lipinski definition) is 4. The minimum atomic E-state index is -0.0543. The van der Waals surface area contributed by atoms with Gasteiger partial charge < -0.3 is 5.32 Å². The van der Waals surface area contributed by atoms with Gasteiger partial charge in [-0.15, -0.1) is 0 Å². The third-order valence-electron chi connectivity index (χ3n) is 4.89. The summed E-state index contributed by atoms with van der Waals surface area (Å²) < 4.78 is 1.88. The van der Waals surface area contributed by atoms with Crippen molar-refractivity contribution in [2.45, 2.75) is 33.6 Å². The lowest BCUT2D eigenvalue weighted by Crippen LogP contribution is -2.15. The van der Waals surface area contributed by atoms with E-state index in [4.69, 9.17) is 4.98 Å².